The van der Waals surface area contributed by atoms with Crippen LogP contribution in [-0.4, -0.2) is 38.3 Å². The first-order valence-electron chi connectivity index (χ1n) is 7.66. The number of aromatic hydroxyl groups is 1. The van der Waals surface area contributed by atoms with Crippen molar-refractivity contribution in [2.24, 2.45) is 0 Å². The van der Waals surface area contributed by atoms with Crippen molar-refractivity contribution in [3.8, 4) is 17.0 Å². The minimum absolute atomic E-state index is 0.0492. The number of hydrogen-bond acceptors (Lipinski definition) is 7. The van der Waals surface area contributed by atoms with Crippen molar-refractivity contribution in [1.29, 1.82) is 0 Å². The second-order valence-electron chi connectivity index (χ2n) is 5.27. The van der Waals surface area contributed by atoms with Gasteiger partial charge >= 0.3 is 0 Å². The molecule has 4 N–H and O–H groups in total. The molecule has 134 valence electrons. The summed E-state index contributed by atoms with van der Waals surface area (Å²) in [6, 6.07) is 8.51. The largest absolute Gasteiger partial charge is 0.505 e. The summed E-state index contributed by atoms with van der Waals surface area (Å²) in [6.07, 6.45) is 3.37. The van der Waals surface area contributed by atoms with Crippen LogP contribution in [0.5, 0.6) is 5.75 Å². The van der Waals surface area contributed by atoms with E-state index < -0.39 is 0 Å². The molecular formula is C17H15Cl2N5O2. The second kappa shape index (κ2) is 8.18. The molecule has 0 amide bonds. The quantitative estimate of drug-likeness (QED) is 0.475. The van der Waals surface area contributed by atoms with Crippen molar-refractivity contribution in [2.75, 3.05) is 23.8 Å². The highest BCUT2D eigenvalue weighted by Gasteiger charge is 2.10. The first-order valence-corrected chi connectivity index (χ1v) is 8.41. The summed E-state index contributed by atoms with van der Waals surface area (Å²) in [6.45, 7) is 0.263. The van der Waals surface area contributed by atoms with Crippen LogP contribution in [0.4, 0.5) is 17.5 Å². The number of phenols is 1. The molecule has 7 nitrogen and oxygen atoms in total. The molecule has 0 spiro atoms. The molecule has 3 rings (SSSR count). The van der Waals surface area contributed by atoms with Gasteiger partial charge in [-0.25, -0.2) is 4.98 Å². The van der Waals surface area contributed by atoms with Gasteiger partial charge in [-0.2, -0.15) is 4.98 Å². The van der Waals surface area contributed by atoms with Gasteiger partial charge in [0.15, 0.2) is 5.75 Å². The molecule has 0 saturated carbocycles. The monoisotopic (exact) mass is 391 g/mol. The summed E-state index contributed by atoms with van der Waals surface area (Å²) in [4.78, 5) is 12.9. The third-order valence-corrected chi connectivity index (χ3v) is 3.94. The van der Waals surface area contributed by atoms with Crippen molar-refractivity contribution >= 4 is 40.7 Å². The van der Waals surface area contributed by atoms with E-state index in [-0.39, 0.29) is 22.4 Å². The van der Waals surface area contributed by atoms with Crippen molar-refractivity contribution < 1.29 is 10.2 Å². The molecule has 0 aliphatic heterocycles. The minimum atomic E-state index is -0.178. The number of anilines is 3. The predicted molar refractivity (Wildman–Crippen MR) is 102 cm³/mol. The first kappa shape index (κ1) is 18.2. The molecular weight excluding hydrogens is 377 g/mol. The number of hydrogen-bond donors (Lipinski definition) is 4. The summed E-state index contributed by atoms with van der Waals surface area (Å²) < 4.78 is 0. The average Bonchev–Trinajstić information content (AvgIpc) is 2.65. The van der Waals surface area contributed by atoms with Gasteiger partial charge in [0.1, 0.15) is 5.82 Å². The zero-order chi connectivity index (χ0) is 18.5. The maximum Gasteiger partial charge on any atom is 0.225 e. The summed E-state index contributed by atoms with van der Waals surface area (Å²) in [5.74, 6) is 0.652. The molecule has 1 aromatic carbocycles. The van der Waals surface area contributed by atoms with Crippen LogP contribution in [0.1, 0.15) is 0 Å². The number of aromatic nitrogens is 3. The van der Waals surface area contributed by atoms with Crippen LogP contribution in [0.2, 0.25) is 10.0 Å². The second-order valence-corrected chi connectivity index (χ2v) is 6.08. The SMILES string of the molecule is OCCNc1nc(Nc2cc(Cl)c(O)c(Cl)c2)cc(-c2cccnc2)n1. The van der Waals surface area contributed by atoms with E-state index >= 15 is 0 Å². The maximum absolute atomic E-state index is 9.67. The van der Waals surface area contributed by atoms with Crippen LogP contribution in [0.15, 0.2) is 42.7 Å². The number of nitrogens with one attached hydrogen (secondary N) is 2. The maximum atomic E-state index is 9.67. The molecule has 2 heterocycles. The fraction of sp³-hybridized carbons (Fsp3) is 0.118. The number of nitrogens with zero attached hydrogens (tertiary/aromatic N) is 3. The summed E-state index contributed by atoms with van der Waals surface area (Å²) in [5.41, 5.74) is 2.01. The minimum Gasteiger partial charge on any atom is -0.505 e. The first-order chi connectivity index (χ1) is 12.6. The Balaban J connectivity index is 1.97. The molecule has 0 atom stereocenters. The molecule has 2 aromatic heterocycles. The number of benzene rings is 1. The zero-order valence-corrected chi connectivity index (χ0v) is 15.0. The van der Waals surface area contributed by atoms with Gasteiger partial charge in [0.25, 0.3) is 0 Å². The van der Waals surface area contributed by atoms with Gasteiger partial charge in [-0.05, 0) is 24.3 Å². The van der Waals surface area contributed by atoms with Crippen molar-refractivity contribution in [3.63, 3.8) is 0 Å². The lowest BCUT2D eigenvalue weighted by molar-refractivity contribution is 0.311. The van der Waals surface area contributed by atoms with Crippen LogP contribution in [0, 0.1) is 0 Å². The van der Waals surface area contributed by atoms with E-state index in [4.69, 9.17) is 28.3 Å². The van der Waals surface area contributed by atoms with E-state index in [1.165, 1.54) is 12.1 Å². The smallest absolute Gasteiger partial charge is 0.225 e. The molecule has 0 aliphatic carbocycles. The Hall–Kier alpha value is -2.61. The van der Waals surface area contributed by atoms with Crippen molar-refractivity contribution in [3.05, 3.63) is 52.8 Å². The van der Waals surface area contributed by atoms with Crippen molar-refractivity contribution in [1.82, 2.24) is 15.0 Å². The van der Waals surface area contributed by atoms with Crippen LogP contribution >= 0.6 is 23.2 Å². The Bertz CT molecular complexity index is 886. The van der Waals surface area contributed by atoms with Gasteiger partial charge in [-0.1, -0.05) is 23.2 Å². The fourth-order valence-electron chi connectivity index (χ4n) is 2.21. The van der Waals surface area contributed by atoms with Gasteiger partial charge in [0, 0.05) is 36.3 Å². The van der Waals surface area contributed by atoms with Gasteiger partial charge in [-0.15, -0.1) is 0 Å². The lowest BCUT2D eigenvalue weighted by Gasteiger charge is -2.12. The summed E-state index contributed by atoms with van der Waals surface area (Å²) in [7, 11) is 0. The number of aliphatic hydroxyl groups excluding tert-OH is 1. The van der Waals surface area contributed by atoms with Crippen LogP contribution in [-0.2, 0) is 0 Å². The van der Waals surface area contributed by atoms with E-state index in [1.807, 2.05) is 12.1 Å². The number of phenolic OH excluding ortho intramolecular Hbond substituents is 1. The Morgan fingerprint density at radius 2 is 1.85 bits per heavy atom. The lowest BCUT2D eigenvalue weighted by atomic mass is 10.2. The Morgan fingerprint density at radius 1 is 1.08 bits per heavy atom. The molecule has 0 radical (unpaired) electrons. The molecule has 0 saturated heterocycles. The fourth-order valence-corrected chi connectivity index (χ4v) is 2.69. The number of rotatable bonds is 6. The third kappa shape index (κ3) is 4.32. The predicted octanol–water partition coefficient (Wildman–Crippen LogP) is 3.70. The normalized spacial score (nSPS) is 10.6. The van der Waals surface area contributed by atoms with Crippen molar-refractivity contribution in [2.45, 2.75) is 0 Å². The molecule has 0 bridgehead atoms. The Labute approximate surface area is 159 Å². The van der Waals surface area contributed by atoms with E-state index in [2.05, 4.69) is 25.6 Å². The number of aliphatic hydroxyl groups is 1. The Kier molecular flexibility index (Phi) is 5.72. The summed E-state index contributed by atoms with van der Waals surface area (Å²) in [5, 5.41) is 25.0. The zero-order valence-electron chi connectivity index (χ0n) is 13.4. The third-order valence-electron chi connectivity index (χ3n) is 3.37. The molecule has 26 heavy (non-hydrogen) atoms. The summed E-state index contributed by atoms with van der Waals surface area (Å²) >= 11 is 11.9. The molecule has 0 fully saturated rings. The topological polar surface area (TPSA) is 103 Å². The van der Waals surface area contributed by atoms with E-state index in [9.17, 15) is 5.11 Å². The van der Waals surface area contributed by atoms with Gasteiger partial charge in [-0.3, -0.25) is 4.98 Å². The number of halogens is 2. The highest BCUT2D eigenvalue weighted by atomic mass is 35.5. The van der Waals surface area contributed by atoms with Gasteiger partial charge in [0.05, 0.1) is 22.3 Å². The van der Waals surface area contributed by atoms with Crippen LogP contribution in [0.25, 0.3) is 11.3 Å². The Morgan fingerprint density at radius 3 is 2.50 bits per heavy atom. The van der Waals surface area contributed by atoms with Gasteiger partial charge in [0.2, 0.25) is 5.95 Å². The highest BCUT2D eigenvalue weighted by Crippen LogP contribution is 2.35. The molecule has 0 aliphatic rings. The highest BCUT2D eigenvalue weighted by molar-refractivity contribution is 6.37. The van der Waals surface area contributed by atoms with Crippen LogP contribution < -0.4 is 10.6 Å². The molecule has 3 aromatic rings. The average molecular weight is 392 g/mol. The van der Waals surface area contributed by atoms with Crippen LogP contribution in [0.3, 0.4) is 0 Å². The van der Waals surface area contributed by atoms with E-state index in [0.717, 1.165) is 5.56 Å². The van der Waals surface area contributed by atoms with E-state index in [1.54, 1.807) is 18.5 Å². The van der Waals surface area contributed by atoms with Gasteiger partial charge < -0.3 is 20.8 Å². The molecule has 0 unspecified atom stereocenters. The standard InChI is InChI=1S/C17H15Cl2N5O2/c18-12-6-11(7-13(19)16(12)26)22-15-8-14(10-2-1-3-20-9-10)23-17(24-15)21-4-5-25/h1-3,6-9,25-26H,4-5H2,(H2,21,22,23,24). The van der Waals surface area contributed by atoms with E-state index in [0.29, 0.717) is 29.7 Å². The number of pyridine rings is 1. The molecule has 9 heteroatoms. The lowest BCUT2D eigenvalue weighted by Crippen LogP contribution is -2.10.